The Labute approximate surface area is 109 Å². The number of nitro groups is 1. The van der Waals surface area contributed by atoms with Crippen molar-refractivity contribution in [1.82, 2.24) is 0 Å². The van der Waals surface area contributed by atoms with E-state index < -0.39 is 0 Å². The summed E-state index contributed by atoms with van der Waals surface area (Å²) in [6.07, 6.45) is 1.57. The van der Waals surface area contributed by atoms with Gasteiger partial charge in [-0.1, -0.05) is 26.0 Å². The van der Waals surface area contributed by atoms with E-state index >= 15 is 0 Å². The van der Waals surface area contributed by atoms with E-state index in [1.165, 1.54) is 6.07 Å². The lowest BCUT2D eigenvalue weighted by atomic mass is 9.98. The largest absolute Gasteiger partial charge is 0.327 e. The maximum atomic E-state index is 10.8. The van der Waals surface area contributed by atoms with Crippen LogP contribution in [0.3, 0.4) is 0 Å². The number of nitrogens with two attached hydrogens (primary N) is 1. The molecule has 1 aromatic rings. The molecule has 0 aliphatic carbocycles. The van der Waals surface area contributed by atoms with Crippen molar-refractivity contribution in [3.05, 3.63) is 38.3 Å². The summed E-state index contributed by atoms with van der Waals surface area (Å²) in [4.78, 5) is 10.4. The normalized spacial score (nSPS) is 12.8. The second-order valence-corrected chi connectivity index (χ2v) is 5.39. The van der Waals surface area contributed by atoms with E-state index in [2.05, 4.69) is 29.8 Å². The minimum atomic E-state index is -0.387. The molecule has 17 heavy (non-hydrogen) atoms. The maximum Gasteiger partial charge on any atom is 0.283 e. The van der Waals surface area contributed by atoms with Gasteiger partial charge in [-0.25, -0.2) is 0 Å². The van der Waals surface area contributed by atoms with E-state index in [0.717, 1.165) is 12.0 Å². The highest BCUT2D eigenvalue weighted by atomic mass is 79.9. The van der Waals surface area contributed by atoms with Crippen molar-refractivity contribution in [2.75, 3.05) is 0 Å². The van der Waals surface area contributed by atoms with Crippen LogP contribution in [0, 0.1) is 16.0 Å². The first-order valence-electron chi connectivity index (χ1n) is 5.59. The first-order chi connectivity index (χ1) is 7.91. The van der Waals surface area contributed by atoms with Crippen LogP contribution in [-0.4, -0.2) is 11.0 Å². The molecule has 0 bridgehead atoms. The maximum absolute atomic E-state index is 10.8. The van der Waals surface area contributed by atoms with E-state index in [9.17, 15) is 10.1 Å². The smallest absolute Gasteiger partial charge is 0.283 e. The Kier molecular flexibility index (Phi) is 5.08. The molecule has 4 nitrogen and oxygen atoms in total. The van der Waals surface area contributed by atoms with Gasteiger partial charge in [-0.3, -0.25) is 10.1 Å². The van der Waals surface area contributed by atoms with Crippen molar-refractivity contribution in [1.29, 1.82) is 0 Å². The Morgan fingerprint density at radius 2 is 2.12 bits per heavy atom. The number of nitro benzene ring substituents is 1. The Balaban J connectivity index is 2.85. The SMILES string of the molecule is CC(C)CC(N)Cc1cccc([N+](=O)[O-])c1Br. The minimum Gasteiger partial charge on any atom is -0.327 e. The summed E-state index contributed by atoms with van der Waals surface area (Å²) < 4.78 is 0.546. The minimum absolute atomic E-state index is 0.0355. The van der Waals surface area contributed by atoms with Gasteiger partial charge in [0.25, 0.3) is 5.69 Å². The summed E-state index contributed by atoms with van der Waals surface area (Å²) in [5.74, 6) is 0.530. The third kappa shape index (κ3) is 4.09. The van der Waals surface area contributed by atoms with Crippen molar-refractivity contribution in [3.63, 3.8) is 0 Å². The standard InChI is InChI=1S/C12H17BrN2O2/c1-8(2)6-10(14)7-9-4-3-5-11(12(9)13)15(16)17/h3-5,8,10H,6-7,14H2,1-2H3. The number of nitrogens with zero attached hydrogens (tertiary/aromatic N) is 1. The van der Waals surface area contributed by atoms with E-state index in [-0.39, 0.29) is 16.7 Å². The molecule has 0 radical (unpaired) electrons. The van der Waals surface area contributed by atoms with Gasteiger partial charge >= 0.3 is 0 Å². The average molecular weight is 301 g/mol. The Hall–Kier alpha value is -0.940. The zero-order valence-corrected chi connectivity index (χ0v) is 11.6. The Morgan fingerprint density at radius 1 is 1.47 bits per heavy atom. The summed E-state index contributed by atoms with van der Waals surface area (Å²) in [7, 11) is 0. The lowest BCUT2D eigenvalue weighted by Gasteiger charge is -2.14. The van der Waals surface area contributed by atoms with Gasteiger partial charge in [0.1, 0.15) is 0 Å². The van der Waals surface area contributed by atoms with Crippen LogP contribution in [0.4, 0.5) is 5.69 Å². The molecule has 0 aliphatic rings. The van der Waals surface area contributed by atoms with Crippen molar-refractivity contribution in [3.8, 4) is 0 Å². The fraction of sp³-hybridized carbons (Fsp3) is 0.500. The molecule has 0 spiro atoms. The molecule has 1 atom stereocenters. The second-order valence-electron chi connectivity index (χ2n) is 4.60. The number of hydrogen-bond donors (Lipinski definition) is 1. The van der Waals surface area contributed by atoms with E-state index in [0.29, 0.717) is 16.8 Å². The zero-order chi connectivity index (χ0) is 13.0. The van der Waals surface area contributed by atoms with Gasteiger partial charge < -0.3 is 5.73 Å². The lowest BCUT2D eigenvalue weighted by molar-refractivity contribution is -0.385. The van der Waals surface area contributed by atoms with Gasteiger partial charge in [-0.05, 0) is 40.3 Å². The predicted octanol–water partition coefficient (Wildman–Crippen LogP) is 3.27. The molecular formula is C12H17BrN2O2. The molecule has 0 fully saturated rings. The number of hydrogen-bond acceptors (Lipinski definition) is 3. The zero-order valence-electron chi connectivity index (χ0n) is 10.0. The van der Waals surface area contributed by atoms with Crippen LogP contribution in [0.1, 0.15) is 25.8 Å². The highest BCUT2D eigenvalue weighted by molar-refractivity contribution is 9.10. The fourth-order valence-electron chi connectivity index (χ4n) is 1.84. The number of benzene rings is 1. The molecule has 0 aliphatic heterocycles. The molecule has 0 saturated carbocycles. The van der Waals surface area contributed by atoms with Crippen molar-refractivity contribution >= 4 is 21.6 Å². The van der Waals surface area contributed by atoms with Gasteiger partial charge in [0, 0.05) is 12.1 Å². The van der Waals surface area contributed by atoms with Gasteiger partial charge in [0.15, 0.2) is 0 Å². The number of halogens is 1. The molecule has 2 N–H and O–H groups in total. The second kappa shape index (κ2) is 6.12. The molecule has 1 rings (SSSR count). The summed E-state index contributed by atoms with van der Waals surface area (Å²) in [5.41, 5.74) is 7.00. The molecule has 1 aromatic carbocycles. The van der Waals surface area contributed by atoms with Crippen LogP contribution >= 0.6 is 15.9 Å². The van der Waals surface area contributed by atoms with Gasteiger partial charge in [0.05, 0.1) is 9.40 Å². The van der Waals surface area contributed by atoms with E-state index in [1.54, 1.807) is 6.07 Å². The van der Waals surface area contributed by atoms with Gasteiger partial charge in [0.2, 0.25) is 0 Å². The van der Waals surface area contributed by atoms with Crippen LogP contribution in [0.25, 0.3) is 0 Å². The van der Waals surface area contributed by atoms with Gasteiger partial charge in [-0.15, -0.1) is 0 Å². The van der Waals surface area contributed by atoms with E-state index in [1.807, 2.05) is 6.07 Å². The highest BCUT2D eigenvalue weighted by Gasteiger charge is 2.16. The molecule has 0 saturated heterocycles. The first-order valence-corrected chi connectivity index (χ1v) is 6.38. The van der Waals surface area contributed by atoms with Crippen LogP contribution < -0.4 is 5.73 Å². The van der Waals surface area contributed by atoms with Crippen molar-refractivity contribution < 1.29 is 4.92 Å². The van der Waals surface area contributed by atoms with Crippen LogP contribution in [0.5, 0.6) is 0 Å². The molecular weight excluding hydrogens is 284 g/mol. The molecule has 5 heteroatoms. The third-order valence-electron chi connectivity index (χ3n) is 2.51. The summed E-state index contributed by atoms with van der Waals surface area (Å²) in [6, 6.07) is 5.09. The molecule has 1 unspecified atom stereocenters. The molecule has 94 valence electrons. The molecule has 0 heterocycles. The number of rotatable bonds is 5. The summed E-state index contributed by atoms with van der Waals surface area (Å²) in [6.45, 7) is 4.23. The van der Waals surface area contributed by atoms with Crippen LogP contribution in [-0.2, 0) is 6.42 Å². The fourth-order valence-corrected chi connectivity index (χ4v) is 2.41. The molecule has 0 aromatic heterocycles. The Morgan fingerprint density at radius 3 is 2.65 bits per heavy atom. The monoisotopic (exact) mass is 300 g/mol. The van der Waals surface area contributed by atoms with Crippen molar-refractivity contribution in [2.45, 2.75) is 32.7 Å². The average Bonchev–Trinajstić information content (AvgIpc) is 2.19. The highest BCUT2D eigenvalue weighted by Crippen LogP contribution is 2.29. The van der Waals surface area contributed by atoms with Gasteiger partial charge in [-0.2, -0.15) is 0 Å². The van der Waals surface area contributed by atoms with Crippen LogP contribution in [0.2, 0.25) is 0 Å². The predicted molar refractivity (Wildman–Crippen MR) is 71.9 cm³/mol. The quantitative estimate of drug-likeness (QED) is 0.670. The van der Waals surface area contributed by atoms with E-state index in [4.69, 9.17) is 5.73 Å². The van der Waals surface area contributed by atoms with Crippen molar-refractivity contribution in [2.24, 2.45) is 11.7 Å². The third-order valence-corrected chi connectivity index (χ3v) is 3.43. The first kappa shape index (κ1) is 14.1. The topological polar surface area (TPSA) is 69.2 Å². The summed E-state index contributed by atoms with van der Waals surface area (Å²) in [5, 5.41) is 10.8. The summed E-state index contributed by atoms with van der Waals surface area (Å²) >= 11 is 3.28. The van der Waals surface area contributed by atoms with Crippen LogP contribution in [0.15, 0.2) is 22.7 Å². The molecule has 0 amide bonds. The Bertz CT molecular complexity index is 407. The lowest BCUT2D eigenvalue weighted by Crippen LogP contribution is -2.24.